The standard InChI is InChI=1S/C22H20ClN3O2/c1-15-11-12-17(23)13-20(15)25-21(27)18-9-6-10-19(24-18)22(28)26(2)14-16-7-4-3-5-8-16/h3-13H,14H2,1-2H3,(H,25,27). The summed E-state index contributed by atoms with van der Waals surface area (Å²) in [5, 5.41) is 3.32. The fraction of sp³-hybridized carbons (Fsp3) is 0.136. The van der Waals surface area contributed by atoms with Crippen molar-refractivity contribution >= 4 is 29.1 Å². The predicted octanol–water partition coefficient (Wildman–Crippen LogP) is 4.57. The Hall–Kier alpha value is -3.18. The van der Waals surface area contributed by atoms with Gasteiger partial charge in [-0.15, -0.1) is 0 Å². The van der Waals surface area contributed by atoms with Crippen LogP contribution in [0.25, 0.3) is 0 Å². The van der Waals surface area contributed by atoms with Gasteiger partial charge in [0, 0.05) is 24.3 Å². The van der Waals surface area contributed by atoms with E-state index in [-0.39, 0.29) is 17.3 Å². The van der Waals surface area contributed by atoms with Crippen molar-refractivity contribution in [3.05, 3.63) is 94.3 Å². The van der Waals surface area contributed by atoms with Gasteiger partial charge >= 0.3 is 0 Å². The summed E-state index contributed by atoms with van der Waals surface area (Å²) in [6.07, 6.45) is 0. The molecule has 3 rings (SSSR count). The number of carbonyl (C=O) groups excluding carboxylic acids is 2. The molecule has 1 N–H and O–H groups in total. The van der Waals surface area contributed by atoms with Gasteiger partial charge in [0.05, 0.1) is 0 Å². The Morgan fingerprint density at radius 1 is 1.00 bits per heavy atom. The number of nitrogens with zero attached hydrogens (tertiary/aromatic N) is 2. The highest BCUT2D eigenvalue weighted by molar-refractivity contribution is 6.31. The second kappa shape index (κ2) is 8.67. The number of hydrogen-bond donors (Lipinski definition) is 1. The van der Waals surface area contributed by atoms with Crippen molar-refractivity contribution in [1.82, 2.24) is 9.88 Å². The van der Waals surface area contributed by atoms with Crippen molar-refractivity contribution in [2.75, 3.05) is 12.4 Å². The van der Waals surface area contributed by atoms with Gasteiger partial charge in [-0.1, -0.05) is 54.1 Å². The lowest BCUT2D eigenvalue weighted by Gasteiger charge is -2.17. The number of pyridine rings is 1. The quantitative estimate of drug-likeness (QED) is 0.690. The summed E-state index contributed by atoms with van der Waals surface area (Å²) in [5.41, 5.74) is 2.89. The van der Waals surface area contributed by atoms with Gasteiger partial charge in [0.15, 0.2) is 0 Å². The molecule has 142 valence electrons. The highest BCUT2D eigenvalue weighted by Crippen LogP contribution is 2.20. The van der Waals surface area contributed by atoms with E-state index in [4.69, 9.17) is 11.6 Å². The Kier molecular flexibility index (Phi) is 6.06. The first kappa shape index (κ1) is 19.6. The molecule has 0 aliphatic rings. The number of hydrogen-bond acceptors (Lipinski definition) is 3. The molecule has 1 heterocycles. The number of halogens is 1. The van der Waals surface area contributed by atoms with E-state index in [0.29, 0.717) is 17.3 Å². The first-order valence-corrected chi connectivity index (χ1v) is 9.16. The molecule has 2 aromatic carbocycles. The Morgan fingerprint density at radius 3 is 2.46 bits per heavy atom. The lowest BCUT2D eigenvalue weighted by molar-refractivity contribution is 0.0779. The van der Waals surface area contributed by atoms with Crippen molar-refractivity contribution in [1.29, 1.82) is 0 Å². The number of amides is 2. The Labute approximate surface area is 169 Å². The van der Waals surface area contributed by atoms with Crippen LogP contribution in [0.3, 0.4) is 0 Å². The molecule has 0 aliphatic heterocycles. The smallest absolute Gasteiger partial charge is 0.274 e. The second-order valence-corrected chi connectivity index (χ2v) is 6.90. The summed E-state index contributed by atoms with van der Waals surface area (Å²) in [6, 6.07) is 19.8. The second-order valence-electron chi connectivity index (χ2n) is 6.47. The number of carbonyl (C=O) groups is 2. The van der Waals surface area contributed by atoms with E-state index in [1.165, 1.54) is 0 Å². The van der Waals surface area contributed by atoms with Crippen LogP contribution in [-0.4, -0.2) is 28.7 Å². The third-order valence-corrected chi connectivity index (χ3v) is 4.49. The number of aromatic nitrogens is 1. The van der Waals surface area contributed by atoms with Gasteiger partial charge < -0.3 is 10.2 Å². The van der Waals surface area contributed by atoms with Crippen molar-refractivity contribution in [3.63, 3.8) is 0 Å². The number of nitrogens with one attached hydrogen (secondary N) is 1. The van der Waals surface area contributed by atoms with E-state index in [9.17, 15) is 9.59 Å². The molecule has 0 spiro atoms. The van der Waals surface area contributed by atoms with Crippen LogP contribution >= 0.6 is 11.6 Å². The fourth-order valence-electron chi connectivity index (χ4n) is 2.72. The minimum absolute atomic E-state index is 0.165. The van der Waals surface area contributed by atoms with E-state index in [1.807, 2.05) is 43.3 Å². The normalized spacial score (nSPS) is 10.4. The lowest BCUT2D eigenvalue weighted by atomic mass is 10.2. The third-order valence-electron chi connectivity index (χ3n) is 4.26. The minimum Gasteiger partial charge on any atom is -0.336 e. The topological polar surface area (TPSA) is 62.3 Å². The van der Waals surface area contributed by atoms with Gasteiger partial charge in [0.1, 0.15) is 11.4 Å². The molecule has 0 aliphatic carbocycles. The summed E-state index contributed by atoms with van der Waals surface area (Å²) >= 11 is 6.00. The molecule has 0 saturated carbocycles. The maximum absolute atomic E-state index is 12.7. The lowest BCUT2D eigenvalue weighted by Crippen LogP contribution is -2.27. The zero-order valence-corrected chi connectivity index (χ0v) is 16.4. The molecule has 2 amide bonds. The van der Waals surface area contributed by atoms with Crippen LogP contribution in [-0.2, 0) is 6.54 Å². The van der Waals surface area contributed by atoms with Crippen LogP contribution in [0.2, 0.25) is 5.02 Å². The molecule has 5 nitrogen and oxygen atoms in total. The maximum Gasteiger partial charge on any atom is 0.274 e. The number of anilines is 1. The molecule has 28 heavy (non-hydrogen) atoms. The molecule has 0 saturated heterocycles. The molecule has 0 radical (unpaired) electrons. The monoisotopic (exact) mass is 393 g/mol. The summed E-state index contributed by atoms with van der Waals surface area (Å²) in [5.74, 6) is -0.650. The van der Waals surface area contributed by atoms with Gasteiger partial charge in [0.25, 0.3) is 11.8 Å². The van der Waals surface area contributed by atoms with E-state index in [2.05, 4.69) is 10.3 Å². The largest absolute Gasteiger partial charge is 0.336 e. The summed E-state index contributed by atoms with van der Waals surface area (Å²) < 4.78 is 0. The zero-order valence-electron chi connectivity index (χ0n) is 15.6. The molecular weight excluding hydrogens is 374 g/mol. The van der Waals surface area contributed by atoms with Crippen LogP contribution < -0.4 is 5.32 Å². The highest BCUT2D eigenvalue weighted by Gasteiger charge is 2.16. The zero-order chi connectivity index (χ0) is 20.1. The summed E-state index contributed by atoms with van der Waals surface area (Å²) in [4.78, 5) is 31.1. The molecular formula is C22H20ClN3O2. The molecule has 0 fully saturated rings. The first-order valence-electron chi connectivity index (χ1n) is 8.78. The molecule has 6 heteroatoms. The van der Waals surface area contributed by atoms with E-state index in [0.717, 1.165) is 11.1 Å². The minimum atomic E-state index is -0.397. The van der Waals surface area contributed by atoms with Crippen molar-refractivity contribution < 1.29 is 9.59 Å². The number of rotatable bonds is 5. The van der Waals surface area contributed by atoms with E-state index >= 15 is 0 Å². The highest BCUT2D eigenvalue weighted by atomic mass is 35.5. The molecule has 0 atom stereocenters. The van der Waals surface area contributed by atoms with Crippen LogP contribution in [0.5, 0.6) is 0 Å². The Balaban J connectivity index is 1.74. The van der Waals surface area contributed by atoms with Gasteiger partial charge in [0.2, 0.25) is 0 Å². The average Bonchev–Trinajstić information content (AvgIpc) is 2.71. The van der Waals surface area contributed by atoms with Gasteiger partial charge in [-0.3, -0.25) is 9.59 Å². The first-order chi connectivity index (χ1) is 13.4. The predicted molar refractivity (Wildman–Crippen MR) is 111 cm³/mol. The van der Waals surface area contributed by atoms with Crippen molar-refractivity contribution in [2.24, 2.45) is 0 Å². The molecule has 0 unspecified atom stereocenters. The van der Waals surface area contributed by atoms with Crippen LogP contribution in [0.4, 0.5) is 5.69 Å². The number of benzene rings is 2. The summed E-state index contributed by atoms with van der Waals surface area (Å²) in [7, 11) is 1.71. The fourth-order valence-corrected chi connectivity index (χ4v) is 2.89. The van der Waals surface area contributed by atoms with Crippen LogP contribution in [0.1, 0.15) is 32.1 Å². The Bertz CT molecular complexity index is 1010. The van der Waals surface area contributed by atoms with Crippen LogP contribution in [0, 0.1) is 6.92 Å². The number of aryl methyl sites for hydroxylation is 1. The van der Waals surface area contributed by atoms with Crippen molar-refractivity contribution in [3.8, 4) is 0 Å². The summed E-state index contributed by atoms with van der Waals surface area (Å²) in [6.45, 7) is 2.33. The third kappa shape index (κ3) is 4.75. The van der Waals surface area contributed by atoms with Gasteiger partial charge in [-0.05, 0) is 42.3 Å². The van der Waals surface area contributed by atoms with E-state index < -0.39 is 5.91 Å². The Morgan fingerprint density at radius 2 is 1.71 bits per heavy atom. The average molecular weight is 394 g/mol. The molecule has 1 aromatic heterocycles. The van der Waals surface area contributed by atoms with Crippen molar-refractivity contribution in [2.45, 2.75) is 13.5 Å². The van der Waals surface area contributed by atoms with E-state index in [1.54, 1.807) is 42.3 Å². The molecule has 0 bridgehead atoms. The van der Waals surface area contributed by atoms with Gasteiger partial charge in [-0.25, -0.2) is 4.98 Å². The SMILES string of the molecule is Cc1ccc(Cl)cc1NC(=O)c1cccc(C(=O)N(C)Cc2ccccc2)n1. The maximum atomic E-state index is 12.7. The van der Waals surface area contributed by atoms with Gasteiger partial charge in [-0.2, -0.15) is 0 Å². The molecule has 3 aromatic rings. The van der Waals surface area contributed by atoms with Crippen LogP contribution in [0.15, 0.2) is 66.7 Å².